The van der Waals surface area contributed by atoms with Crippen molar-refractivity contribution < 1.29 is 4.74 Å². The van der Waals surface area contributed by atoms with Crippen LogP contribution < -0.4 is 10.1 Å². The third-order valence-electron chi connectivity index (χ3n) is 3.82. The van der Waals surface area contributed by atoms with Gasteiger partial charge in [-0.3, -0.25) is 0 Å². The molecule has 0 radical (unpaired) electrons. The zero-order chi connectivity index (χ0) is 14.4. The first-order chi connectivity index (χ1) is 8.99. The first kappa shape index (κ1) is 16.5. The number of halogens is 1. The second-order valence-electron chi connectivity index (χ2n) is 5.44. The maximum atomic E-state index is 5.28. The molecule has 19 heavy (non-hydrogen) atoms. The lowest BCUT2D eigenvalue weighted by molar-refractivity contribution is 0.300. The van der Waals surface area contributed by atoms with Crippen molar-refractivity contribution in [1.29, 1.82) is 0 Å². The second kappa shape index (κ2) is 7.91. The van der Waals surface area contributed by atoms with Gasteiger partial charge in [-0.15, -0.1) is 0 Å². The van der Waals surface area contributed by atoms with E-state index in [1.807, 2.05) is 6.07 Å². The zero-order valence-electron chi connectivity index (χ0n) is 12.7. The third kappa shape index (κ3) is 4.81. The Hall–Kier alpha value is -0.540. The molecule has 1 rings (SSSR count). The van der Waals surface area contributed by atoms with Crippen molar-refractivity contribution >= 4 is 15.9 Å². The summed E-state index contributed by atoms with van der Waals surface area (Å²) in [5.41, 5.74) is 1.34. The Labute approximate surface area is 126 Å². The Bertz CT molecular complexity index is 392. The SMILES string of the molecule is CCNC(Cc1ccc(OC)c(Br)c1)C(C)C(C)C. The summed E-state index contributed by atoms with van der Waals surface area (Å²) in [5.74, 6) is 2.23. The van der Waals surface area contributed by atoms with Gasteiger partial charge in [-0.25, -0.2) is 0 Å². The highest BCUT2D eigenvalue weighted by Gasteiger charge is 2.20. The van der Waals surface area contributed by atoms with Gasteiger partial charge in [0.25, 0.3) is 0 Å². The minimum atomic E-state index is 0.519. The topological polar surface area (TPSA) is 21.3 Å². The monoisotopic (exact) mass is 327 g/mol. The summed E-state index contributed by atoms with van der Waals surface area (Å²) in [6, 6.07) is 6.87. The molecule has 0 saturated carbocycles. The van der Waals surface area contributed by atoms with Gasteiger partial charge in [0.1, 0.15) is 5.75 Å². The summed E-state index contributed by atoms with van der Waals surface area (Å²) in [4.78, 5) is 0. The number of ether oxygens (including phenoxy) is 1. The predicted molar refractivity (Wildman–Crippen MR) is 85.9 cm³/mol. The minimum Gasteiger partial charge on any atom is -0.496 e. The molecule has 0 bridgehead atoms. The highest BCUT2D eigenvalue weighted by molar-refractivity contribution is 9.10. The van der Waals surface area contributed by atoms with E-state index in [2.05, 4.69) is 61.1 Å². The van der Waals surface area contributed by atoms with E-state index in [0.717, 1.165) is 23.2 Å². The minimum absolute atomic E-state index is 0.519. The zero-order valence-corrected chi connectivity index (χ0v) is 14.3. The van der Waals surface area contributed by atoms with Gasteiger partial charge in [-0.05, 0) is 58.4 Å². The van der Waals surface area contributed by atoms with Crippen LogP contribution in [0.25, 0.3) is 0 Å². The van der Waals surface area contributed by atoms with Gasteiger partial charge in [0.2, 0.25) is 0 Å². The molecule has 0 saturated heterocycles. The fourth-order valence-electron chi connectivity index (χ4n) is 2.26. The van der Waals surface area contributed by atoms with E-state index in [-0.39, 0.29) is 0 Å². The molecule has 0 aliphatic heterocycles. The summed E-state index contributed by atoms with van der Waals surface area (Å²) < 4.78 is 6.30. The number of hydrogen-bond donors (Lipinski definition) is 1. The summed E-state index contributed by atoms with van der Waals surface area (Å²) in [5, 5.41) is 3.61. The van der Waals surface area contributed by atoms with Crippen molar-refractivity contribution in [3.63, 3.8) is 0 Å². The Morgan fingerprint density at radius 1 is 1.26 bits per heavy atom. The highest BCUT2D eigenvalue weighted by atomic mass is 79.9. The lowest BCUT2D eigenvalue weighted by Gasteiger charge is -2.28. The van der Waals surface area contributed by atoms with Crippen molar-refractivity contribution in [2.24, 2.45) is 11.8 Å². The summed E-state index contributed by atoms with van der Waals surface area (Å²) >= 11 is 3.56. The number of nitrogens with one attached hydrogen (secondary N) is 1. The van der Waals surface area contributed by atoms with Crippen LogP contribution in [0.5, 0.6) is 5.75 Å². The van der Waals surface area contributed by atoms with Crippen LogP contribution in [0, 0.1) is 11.8 Å². The summed E-state index contributed by atoms with van der Waals surface area (Å²) in [7, 11) is 1.70. The van der Waals surface area contributed by atoms with Crippen LogP contribution in [0.4, 0.5) is 0 Å². The molecule has 0 aromatic heterocycles. The van der Waals surface area contributed by atoms with Gasteiger partial charge >= 0.3 is 0 Å². The lowest BCUT2D eigenvalue weighted by Crippen LogP contribution is -2.38. The Kier molecular flexibility index (Phi) is 6.87. The Morgan fingerprint density at radius 3 is 2.42 bits per heavy atom. The van der Waals surface area contributed by atoms with Crippen LogP contribution in [-0.2, 0) is 6.42 Å². The van der Waals surface area contributed by atoms with Crippen molar-refractivity contribution in [2.75, 3.05) is 13.7 Å². The first-order valence-corrected chi connectivity index (χ1v) is 7.84. The molecule has 0 amide bonds. The van der Waals surface area contributed by atoms with Gasteiger partial charge in [-0.2, -0.15) is 0 Å². The average molecular weight is 328 g/mol. The largest absolute Gasteiger partial charge is 0.496 e. The molecule has 108 valence electrons. The molecular formula is C16H26BrNO. The second-order valence-corrected chi connectivity index (χ2v) is 6.29. The molecule has 1 aromatic carbocycles. The van der Waals surface area contributed by atoms with E-state index in [1.54, 1.807) is 7.11 Å². The lowest BCUT2D eigenvalue weighted by atomic mass is 9.86. The average Bonchev–Trinajstić information content (AvgIpc) is 2.37. The molecule has 0 heterocycles. The fourth-order valence-corrected chi connectivity index (χ4v) is 2.85. The Balaban J connectivity index is 2.81. The molecule has 1 aromatic rings. The van der Waals surface area contributed by atoms with E-state index in [1.165, 1.54) is 5.56 Å². The summed E-state index contributed by atoms with van der Waals surface area (Å²) in [6.45, 7) is 10.1. The molecule has 2 unspecified atom stereocenters. The molecule has 1 N–H and O–H groups in total. The van der Waals surface area contributed by atoms with Crippen molar-refractivity contribution in [3.8, 4) is 5.75 Å². The molecular weight excluding hydrogens is 302 g/mol. The number of methoxy groups -OCH3 is 1. The molecule has 0 spiro atoms. The molecule has 2 nitrogen and oxygen atoms in total. The van der Waals surface area contributed by atoms with E-state index in [4.69, 9.17) is 4.74 Å². The van der Waals surface area contributed by atoms with Crippen LogP contribution in [0.3, 0.4) is 0 Å². The van der Waals surface area contributed by atoms with E-state index < -0.39 is 0 Å². The van der Waals surface area contributed by atoms with E-state index in [0.29, 0.717) is 17.9 Å². The van der Waals surface area contributed by atoms with Gasteiger partial charge in [-0.1, -0.05) is 33.8 Å². The Morgan fingerprint density at radius 2 is 1.95 bits per heavy atom. The third-order valence-corrected chi connectivity index (χ3v) is 4.44. The molecule has 0 fully saturated rings. The first-order valence-electron chi connectivity index (χ1n) is 7.05. The van der Waals surface area contributed by atoms with E-state index >= 15 is 0 Å². The van der Waals surface area contributed by atoms with Gasteiger partial charge in [0, 0.05) is 6.04 Å². The van der Waals surface area contributed by atoms with Crippen molar-refractivity contribution in [2.45, 2.75) is 40.2 Å². The number of likely N-dealkylation sites (N-methyl/N-ethyl adjacent to an activating group) is 1. The predicted octanol–water partition coefficient (Wildman–Crippen LogP) is 4.27. The number of rotatable bonds is 7. The van der Waals surface area contributed by atoms with Crippen LogP contribution in [-0.4, -0.2) is 19.7 Å². The molecule has 2 atom stereocenters. The standard InChI is InChI=1S/C16H26BrNO/c1-6-18-15(12(4)11(2)3)10-13-7-8-16(19-5)14(17)9-13/h7-9,11-12,15,18H,6,10H2,1-5H3. The summed E-state index contributed by atoms with van der Waals surface area (Å²) in [6.07, 6.45) is 1.05. The quantitative estimate of drug-likeness (QED) is 0.807. The van der Waals surface area contributed by atoms with Gasteiger partial charge in [0.15, 0.2) is 0 Å². The smallest absolute Gasteiger partial charge is 0.133 e. The number of benzene rings is 1. The molecule has 0 aliphatic carbocycles. The van der Waals surface area contributed by atoms with Crippen LogP contribution >= 0.6 is 15.9 Å². The fraction of sp³-hybridized carbons (Fsp3) is 0.625. The normalized spacial score (nSPS) is 14.5. The maximum absolute atomic E-state index is 5.28. The van der Waals surface area contributed by atoms with Crippen LogP contribution in [0.15, 0.2) is 22.7 Å². The van der Waals surface area contributed by atoms with Crippen LogP contribution in [0.1, 0.15) is 33.3 Å². The van der Waals surface area contributed by atoms with E-state index in [9.17, 15) is 0 Å². The molecule has 3 heteroatoms. The highest BCUT2D eigenvalue weighted by Crippen LogP contribution is 2.27. The molecule has 0 aliphatic rings. The van der Waals surface area contributed by atoms with Crippen molar-refractivity contribution in [1.82, 2.24) is 5.32 Å². The van der Waals surface area contributed by atoms with Crippen LogP contribution in [0.2, 0.25) is 0 Å². The van der Waals surface area contributed by atoms with Crippen molar-refractivity contribution in [3.05, 3.63) is 28.2 Å². The van der Waals surface area contributed by atoms with Gasteiger partial charge < -0.3 is 10.1 Å². The number of hydrogen-bond acceptors (Lipinski definition) is 2. The maximum Gasteiger partial charge on any atom is 0.133 e. The van der Waals surface area contributed by atoms with Gasteiger partial charge in [0.05, 0.1) is 11.6 Å².